The van der Waals surface area contributed by atoms with Gasteiger partial charge in [0.1, 0.15) is 0 Å². The van der Waals surface area contributed by atoms with E-state index in [4.69, 9.17) is 5.73 Å². The predicted molar refractivity (Wildman–Crippen MR) is 77.8 cm³/mol. The van der Waals surface area contributed by atoms with Crippen LogP contribution >= 0.6 is 0 Å². The van der Waals surface area contributed by atoms with Gasteiger partial charge in [0.05, 0.1) is 5.69 Å². The summed E-state index contributed by atoms with van der Waals surface area (Å²) >= 11 is 0. The van der Waals surface area contributed by atoms with E-state index in [9.17, 15) is 0 Å². The Morgan fingerprint density at radius 3 is 2.58 bits per heavy atom. The van der Waals surface area contributed by atoms with E-state index in [1.807, 2.05) is 17.9 Å². The van der Waals surface area contributed by atoms with Gasteiger partial charge in [0.25, 0.3) is 0 Å². The van der Waals surface area contributed by atoms with Gasteiger partial charge in [0.2, 0.25) is 0 Å². The van der Waals surface area contributed by atoms with E-state index in [1.165, 1.54) is 12.1 Å². The Balaban J connectivity index is 1.78. The molecule has 1 atom stereocenters. The maximum absolute atomic E-state index is 5.70. The molecule has 1 aromatic heterocycles. The molecule has 1 fully saturated rings. The third-order valence-corrected chi connectivity index (χ3v) is 4.05. The Morgan fingerprint density at radius 2 is 2.05 bits per heavy atom. The van der Waals surface area contributed by atoms with Crippen LogP contribution in [0.1, 0.15) is 25.5 Å². The summed E-state index contributed by atoms with van der Waals surface area (Å²) in [6.07, 6.45) is 4.34. The smallest absolute Gasteiger partial charge is 0.0764 e. The molecule has 0 spiro atoms. The van der Waals surface area contributed by atoms with Gasteiger partial charge in [0.15, 0.2) is 0 Å². The predicted octanol–water partition coefficient (Wildman–Crippen LogP) is 0.665. The molecule has 0 radical (unpaired) electrons. The zero-order valence-corrected chi connectivity index (χ0v) is 12.3. The zero-order chi connectivity index (χ0) is 13.7. The van der Waals surface area contributed by atoms with Crippen molar-refractivity contribution >= 4 is 0 Å². The Labute approximate surface area is 116 Å². The van der Waals surface area contributed by atoms with Crippen molar-refractivity contribution in [3.8, 4) is 0 Å². The van der Waals surface area contributed by atoms with Crippen LogP contribution in [0.25, 0.3) is 0 Å². The molecule has 1 saturated heterocycles. The average molecular weight is 265 g/mol. The summed E-state index contributed by atoms with van der Waals surface area (Å²) in [5, 5.41) is 4.45. The maximum atomic E-state index is 5.70. The molecule has 1 aliphatic heterocycles. The normalized spacial score (nSPS) is 19.7. The van der Waals surface area contributed by atoms with Gasteiger partial charge >= 0.3 is 0 Å². The lowest BCUT2D eigenvalue weighted by atomic mass is 10.1. The fourth-order valence-corrected chi connectivity index (χ4v) is 2.90. The first kappa shape index (κ1) is 14.5. The van der Waals surface area contributed by atoms with E-state index in [2.05, 4.69) is 27.9 Å². The van der Waals surface area contributed by atoms with Crippen molar-refractivity contribution in [2.45, 2.75) is 32.4 Å². The van der Waals surface area contributed by atoms with Gasteiger partial charge in [-0.3, -0.25) is 14.5 Å². The second-order valence-corrected chi connectivity index (χ2v) is 5.43. The third kappa shape index (κ3) is 4.03. The number of nitrogens with zero attached hydrogens (tertiary/aromatic N) is 4. The van der Waals surface area contributed by atoms with Crippen LogP contribution in [0.15, 0.2) is 12.3 Å². The van der Waals surface area contributed by atoms with Crippen LogP contribution in [-0.2, 0) is 13.6 Å². The molecular formula is C14H27N5. The van der Waals surface area contributed by atoms with Crippen LogP contribution in [0.5, 0.6) is 0 Å². The summed E-state index contributed by atoms with van der Waals surface area (Å²) in [6, 6.07) is 2.78. The number of hydrogen-bond donors (Lipinski definition) is 1. The average Bonchev–Trinajstić information content (AvgIpc) is 2.82. The fraction of sp³-hybridized carbons (Fsp3) is 0.786. The molecule has 0 saturated carbocycles. The highest BCUT2D eigenvalue weighted by atomic mass is 15.3. The highest BCUT2D eigenvalue weighted by Crippen LogP contribution is 2.13. The maximum Gasteiger partial charge on any atom is 0.0764 e. The highest BCUT2D eigenvalue weighted by Gasteiger charge is 2.22. The van der Waals surface area contributed by atoms with E-state index >= 15 is 0 Å². The molecule has 5 heteroatoms. The first-order valence-corrected chi connectivity index (χ1v) is 7.38. The molecule has 0 bridgehead atoms. The van der Waals surface area contributed by atoms with Crippen molar-refractivity contribution in [2.24, 2.45) is 12.8 Å². The van der Waals surface area contributed by atoms with Gasteiger partial charge in [-0.15, -0.1) is 0 Å². The monoisotopic (exact) mass is 265 g/mol. The Bertz CT molecular complexity index is 368. The van der Waals surface area contributed by atoms with Crippen molar-refractivity contribution in [3.63, 3.8) is 0 Å². The van der Waals surface area contributed by atoms with Gasteiger partial charge in [-0.2, -0.15) is 5.10 Å². The number of piperazine rings is 1. The lowest BCUT2D eigenvalue weighted by Gasteiger charge is -2.38. The largest absolute Gasteiger partial charge is 0.330 e. The number of aromatic nitrogens is 2. The van der Waals surface area contributed by atoms with Crippen LogP contribution in [0.4, 0.5) is 0 Å². The molecule has 5 nitrogen and oxygen atoms in total. The number of aryl methyl sites for hydroxylation is 1. The lowest BCUT2D eigenvalue weighted by Crippen LogP contribution is -2.50. The van der Waals surface area contributed by atoms with Gasteiger partial charge in [-0.25, -0.2) is 0 Å². The quantitative estimate of drug-likeness (QED) is 0.821. The molecule has 2 heterocycles. The molecule has 0 aromatic carbocycles. The topological polar surface area (TPSA) is 50.3 Å². The molecular weight excluding hydrogens is 238 g/mol. The first-order valence-electron chi connectivity index (χ1n) is 7.38. The molecule has 0 aliphatic carbocycles. The van der Waals surface area contributed by atoms with Crippen LogP contribution in [0.2, 0.25) is 0 Å². The summed E-state index contributed by atoms with van der Waals surface area (Å²) < 4.78 is 1.87. The molecule has 1 aliphatic rings. The molecule has 1 aromatic rings. The standard InChI is InChI=1S/C14H27N5/c1-3-14(4-6-15)19-10-8-18(9-11-19)12-13-5-7-17(2)16-13/h5,7,14H,3-4,6,8-12,15H2,1-2H3. The summed E-state index contributed by atoms with van der Waals surface area (Å²) in [6.45, 7) is 8.63. The minimum Gasteiger partial charge on any atom is -0.330 e. The lowest BCUT2D eigenvalue weighted by molar-refractivity contribution is 0.0863. The third-order valence-electron chi connectivity index (χ3n) is 4.05. The Morgan fingerprint density at radius 1 is 1.32 bits per heavy atom. The summed E-state index contributed by atoms with van der Waals surface area (Å²) in [5.41, 5.74) is 6.87. The molecule has 1 unspecified atom stereocenters. The Hall–Kier alpha value is -0.910. The highest BCUT2D eigenvalue weighted by molar-refractivity contribution is 4.98. The van der Waals surface area contributed by atoms with Crippen molar-refractivity contribution in [3.05, 3.63) is 18.0 Å². The van der Waals surface area contributed by atoms with Gasteiger partial charge < -0.3 is 5.73 Å². The van der Waals surface area contributed by atoms with E-state index in [1.54, 1.807) is 0 Å². The Kier molecular flexibility index (Phi) is 5.36. The van der Waals surface area contributed by atoms with Crippen LogP contribution in [-0.4, -0.2) is 58.3 Å². The van der Waals surface area contributed by atoms with Crippen molar-refractivity contribution < 1.29 is 0 Å². The van der Waals surface area contributed by atoms with Gasteiger partial charge in [0, 0.05) is 52.0 Å². The van der Waals surface area contributed by atoms with Crippen molar-refractivity contribution in [1.82, 2.24) is 19.6 Å². The zero-order valence-electron chi connectivity index (χ0n) is 12.3. The van der Waals surface area contributed by atoms with Crippen molar-refractivity contribution in [2.75, 3.05) is 32.7 Å². The minimum atomic E-state index is 0.669. The SMILES string of the molecule is CCC(CCN)N1CCN(Cc2ccn(C)n2)CC1. The minimum absolute atomic E-state index is 0.669. The number of rotatable bonds is 6. The van der Waals surface area contributed by atoms with Crippen LogP contribution < -0.4 is 5.73 Å². The summed E-state index contributed by atoms with van der Waals surface area (Å²) in [4.78, 5) is 5.09. The van der Waals surface area contributed by atoms with Gasteiger partial charge in [-0.1, -0.05) is 6.92 Å². The second kappa shape index (κ2) is 7.03. The first-order chi connectivity index (χ1) is 9.22. The summed E-state index contributed by atoms with van der Waals surface area (Å²) in [7, 11) is 1.97. The van der Waals surface area contributed by atoms with E-state index < -0.39 is 0 Å². The van der Waals surface area contributed by atoms with Gasteiger partial charge in [-0.05, 0) is 25.5 Å². The fourth-order valence-electron chi connectivity index (χ4n) is 2.90. The van der Waals surface area contributed by atoms with E-state index in [-0.39, 0.29) is 0 Å². The summed E-state index contributed by atoms with van der Waals surface area (Å²) in [5.74, 6) is 0. The van der Waals surface area contributed by atoms with E-state index in [0.29, 0.717) is 6.04 Å². The van der Waals surface area contributed by atoms with Crippen LogP contribution in [0.3, 0.4) is 0 Å². The van der Waals surface area contributed by atoms with Crippen molar-refractivity contribution in [1.29, 1.82) is 0 Å². The van der Waals surface area contributed by atoms with Crippen LogP contribution in [0, 0.1) is 0 Å². The molecule has 2 rings (SSSR count). The molecule has 108 valence electrons. The molecule has 0 amide bonds. The van der Waals surface area contributed by atoms with E-state index in [0.717, 1.165) is 45.7 Å². The molecule has 19 heavy (non-hydrogen) atoms. The number of nitrogens with two attached hydrogens (primary N) is 1. The second-order valence-electron chi connectivity index (χ2n) is 5.43. The molecule has 2 N–H and O–H groups in total. The number of hydrogen-bond acceptors (Lipinski definition) is 4.